The minimum atomic E-state index is -0.0340. The van der Waals surface area contributed by atoms with Crippen molar-refractivity contribution >= 4 is 17.2 Å². The fourth-order valence-corrected chi connectivity index (χ4v) is 1.89. The Morgan fingerprint density at radius 1 is 1.53 bits per heavy atom. The molecule has 0 saturated carbocycles. The summed E-state index contributed by atoms with van der Waals surface area (Å²) in [6, 6.07) is 0. The number of rotatable bonds is 4. The van der Waals surface area contributed by atoms with Gasteiger partial charge in [-0.25, -0.2) is 4.98 Å². The molecule has 0 aliphatic rings. The van der Waals surface area contributed by atoms with Gasteiger partial charge in [0.1, 0.15) is 0 Å². The van der Waals surface area contributed by atoms with Gasteiger partial charge in [-0.2, -0.15) is 0 Å². The van der Waals surface area contributed by atoms with Crippen LogP contribution < -0.4 is 5.32 Å². The summed E-state index contributed by atoms with van der Waals surface area (Å²) in [5, 5.41) is 6.22. The van der Waals surface area contributed by atoms with E-state index in [0.717, 1.165) is 10.7 Å². The monoisotopic (exact) mass is 255 g/mol. The molecule has 1 aromatic heterocycles. The number of nitrogens with one attached hydrogen (secondary N) is 1. The summed E-state index contributed by atoms with van der Waals surface area (Å²) in [6.07, 6.45) is 0. The van der Waals surface area contributed by atoms with Gasteiger partial charge in [-0.15, -0.1) is 11.3 Å². The van der Waals surface area contributed by atoms with E-state index in [1.165, 1.54) is 0 Å². The molecule has 0 aromatic carbocycles. The minimum absolute atomic E-state index is 0.0340. The van der Waals surface area contributed by atoms with Crippen molar-refractivity contribution in [3.05, 3.63) is 16.1 Å². The van der Waals surface area contributed by atoms with Gasteiger partial charge in [-0.05, 0) is 27.7 Å². The first-order valence-electron chi connectivity index (χ1n) is 5.68. The lowest BCUT2D eigenvalue weighted by Gasteiger charge is -2.23. The maximum Gasteiger partial charge on any atom is 0.236 e. The van der Waals surface area contributed by atoms with E-state index in [2.05, 4.69) is 10.3 Å². The molecule has 0 unspecified atom stereocenters. The third-order valence-corrected chi connectivity index (χ3v) is 3.08. The van der Waals surface area contributed by atoms with Crippen molar-refractivity contribution in [1.82, 2.24) is 15.2 Å². The third kappa shape index (κ3) is 5.28. The Kier molecular flexibility index (Phi) is 4.65. The number of hydrogen-bond acceptors (Lipinski definition) is 4. The fourth-order valence-electron chi connectivity index (χ4n) is 1.29. The topological polar surface area (TPSA) is 45.2 Å². The van der Waals surface area contributed by atoms with Crippen LogP contribution in [0.3, 0.4) is 0 Å². The van der Waals surface area contributed by atoms with Crippen molar-refractivity contribution in [2.45, 2.75) is 39.8 Å². The Hall–Kier alpha value is -0.940. The van der Waals surface area contributed by atoms with Gasteiger partial charge in [-0.3, -0.25) is 4.79 Å². The highest BCUT2D eigenvalue weighted by Gasteiger charge is 2.14. The highest BCUT2D eigenvalue weighted by atomic mass is 32.1. The molecule has 0 spiro atoms. The molecule has 4 nitrogen and oxygen atoms in total. The van der Waals surface area contributed by atoms with E-state index < -0.39 is 0 Å². The predicted molar refractivity (Wildman–Crippen MR) is 71.1 cm³/mol. The zero-order valence-electron chi connectivity index (χ0n) is 11.2. The second-order valence-electron chi connectivity index (χ2n) is 5.21. The molecule has 0 aliphatic carbocycles. The molecular weight excluding hydrogens is 234 g/mol. The average molecular weight is 255 g/mol. The molecule has 1 rings (SSSR count). The second kappa shape index (κ2) is 5.60. The van der Waals surface area contributed by atoms with Gasteiger partial charge in [0, 0.05) is 18.0 Å². The molecule has 5 heteroatoms. The molecule has 0 bridgehead atoms. The number of hydrogen-bond donors (Lipinski definition) is 1. The molecule has 1 N–H and O–H groups in total. The fraction of sp³-hybridized carbons (Fsp3) is 0.667. The van der Waals surface area contributed by atoms with Crippen LogP contribution in [0.15, 0.2) is 5.38 Å². The summed E-state index contributed by atoms with van der Waals surface area (Å²) >= 11 is 1.61. The Bertz CT molecular complexity index is 381. The Balaban J connectivity index is 2.42. The van der Waals surface area contributed by atoms with Crippen LogP contribution in [-0.4, -0.2) is 34.9 Å². The molecule has 1 aromatic rings. The Morgan fingerprint density at radius 2 is 2.18 bits per heavy atom. The first kappa shape index (κ1) is 14.1. The maximum atomic E-state index is 11.8. The Labute approximate surface area is 107 Å². The summed E-state index contributed by atoms with van der Waals surface area (Å²) in [5.41, 5.74) is 0.923. The normalized spacial score (nSPS) is 11.6. The van der Waals surface area contributed by atoms with Gasteiger partial charge in [0.05, 0.1) is 23.8 Å². The predicted octanol–water partition coefficient (Wildman–Crippen LogP) is 1.80. The molecule has 1 heterocycles. The molecule has 96 valence electrons. The maximum absolute atomic E-state index is 11.8. The van der Waals surface area contributed by atoms with Gasteiger partial charge < -0.3 is 10.2 Å². The van der Waals surface area contributed by atoms with E-state index in [0.29, 0.717) is 13.1 Å². The number of aromatic nitrogens is 1. The van der Waals surface area contributed by atoms with E-state index in [1.54, 1.807) is 23.3 Å². The molecule has 17 heavy (non-hydrogen) atoms. The van der Waals surface area contributed by atoms with Gasteiger partial charge >= 0.3 is 0 Å². The number of aryl methyl sites for hydroxylation is 1. The highest BCUT2D eigenvalue weighted by molar-refractivity contribution is 7.09. The van der Waals surface area contributed by atoms with Crippen molar-refractivity contribution < 1.29 is 4.79 Å². The lowest BCUT2D eigenvalue weighted by atomic mass is 10.1. The van der Waals surface area contributed by atoms with Gasteiger partial charge in [0.2, 0.25) is 5.91 Å². The van der Waals surface area contributed by atoms with E-state index in [-0.39, 0.29) is 11.4 Å². The molecule has 0 fully saturated rings. The summed E-state index contributed by atoms with van der Waals surface area (Å²) in [4.78, 5) is 17.9. The molecule has 0 atom stereocenters. The third-order valence-electron chi connectivity index (χ3n) is 2.26. The van der Waals surface area contributed by atoms with Crippen LogP contribution in [0, 0.1) is 6.92 Å². The van der Waals surface area contributed by atoms with Crippen LogP contribution in [0.2, 0.25) is 0 Å². The number of carbonyl (C=O) groups excluding carboxylic acids is 1. The second-order valence-corrected chi connectivity index (χ2v) is 6.27. The molecule has 0 aliphatic heterocycles. The zero-order valence-corrected chi connectivity index (χ0v) is 12.0. The lowest BCUT2D eigenvalue weighted by Crippen LogP contribution is -2.43. The van der Waals surface area contributed by atoms with Gasteiger partial charge in [0.15, 0.2) is 0 Å². The minimum Gasteiger partial charge on any atom is -0.339 e. The van der Waals surface area contributed by atoms with Crippen molar-refractivity contribution in [2.24, 2.45) is 0 Å². The lowest BCUT2D eigenvalue weighted by molar-refractivity contribution is -0.129. The van der Waals surface area contributed by atoms with Gasteiger partial charge in [0.25, 0.3) is 0 Å². The first-order chi connectivity index (χ1) is 7.78. The van der Waals surface area contributed by atoms with Crippen LogP contribution in [0.25, 0.3) is 0 Å². The largest absolute Gasteiger partial charge is 0.339 e. The van der Waals surface area contributed by atoms with Crippen molar-refractivity contribution in [2.75, 3.05) is 13.6 Å². The van der Waals surface area contributed by atoms with E-state index in [9.17, 15) is 4.79 Å². The zero-order chi connectivity index (χ0) is 13.1. The van der Waals surface area contributed by atoms with Crippen LogP contribution in [0.1, 0.15) is 31.5 Å². The summed E-state index contributed by atoms with van der Waals surface area (Å²) < 4.78 is 0. The molecule has 0 saturated heterocycles. The molecule has 1 amide bonds. The van der Waals surface area contributed by atoms with Gasteiger partial charge in [-0.1, -0.05) is 0 Å². The van der Waals surface area contributed by atoms with Crippen LogP contribution >= 0.6 is 11.3 Å². The SMILES string of the molecule is Cc1nc(CN(C)C(=O)CNC(C)(C)C)cs1. The highest BCUT2D eigenvalue weighted by Crippen LogP contribution is 2.09. The summed E-state index contributed by atoms with van der Waals surface area (Å²) in [5.74, 6) is 0.0885. The number of likely N-dealkylation sites (N-methyl/N-ethyl adjacent to an activating group) is 1. The Morgan fingerprint density at radius 3 is 2.65 bits per heavy atom. The van der Waals surface area contributed by atoms with Crippen molar-refractivity contribution in [3.63, 3.8) is 0 Å². The smallest absolute Gasteiger partial charge is 0.236 e. The summed E-state index contributed by atoms with van der Waals surface area (Å²) in [7, 11) is 1.81. The number of nitrogens with zero attached hydrogens (tertiary/aromatic N) is 2. The van der Waals surface area contributed by atoms with Crippen LogP contribution in [-0.2, 0) is 11.3 Å². The van der Waals surface area contributed by atoms with E-state index in [4.69, 9.17) is 0 Å². The number of amides is 1. The standard InChI is InChI=1S/C12H21N3OS/c1-9-14-10(8-17-9)7-15(5)11(16)6-13-12(2,3)4/h8,13H,6-7H2,1-5H3. The molecular formula is C12H21N3OS. The number of thiazole rings is 1. The van der Waals surface area contributed by atoms with Crippen molar-refractivity contribution in [1.29, 1.82) is 0 Å². The first-order valence-corrected chi connectivity index (χ1v) is 6.56. The van der Waals surface area contributed by atoms with Crippen molar-refractivity contribution in [3.8, 4) is 0 Å². The van der Waals surface area contributed by atoms with E-state index in [1.807, 2.05) is 33.1 Å². The summed E-state index contributed by atoms with van der Waals surface area (Å²) in [6.45, 7) is 9.05. The quantitative estimate of drug-likeness (QED) is 0.892. The van der Waals surface area contributed by atoms with E-state index >= 15 is 0 Å². The number of carbonyl (C=O) groups is 1. The average Bonchev–Trinajstić information content (AvgIpc) is 2.59. The molecule has 0 radical (unpaired) electrons. The van der Waals surface area contributed by atoms with Crippen LogP contribution in [0.4, 0.5) is 0 Å². The van der Waals surface area contributed by atoms with Crippen LogP contribution in [0.5, 0.6) is 0 Å².